The number of rotatable bonds is 4. The van der Waals surface area contributed by atoms with Crippen molar-refractivity contribution in [2.75, 3.05) is 11.9 Å². The molecule has 1 aromatic rings. The molecular formula is C15H24N4. The van der Waals surface area contributed by atoms with Crippen molar-refractivity contribution >= 4 is 11.7 Å². The number of amidine groups is 1. The lowest BCUT2D eigenvalue weighted by Crippen LogP contribution is -2.35. The summed E-state index contributed by atoms with van der Waals surface area (Å²) in [6.07, 6.45) is 8.16. The van der Waals surface area contributed by atoms with E-state index < -0.39 is 0 Å². The summed E-state index contributed by atoms with van der Waals surface area (Å²) in [7, 11) is 2.12. The SMILES string of the molecule is CCC1CCC(N(C)c2ccc(C(=N)N)cn2)CC1. The van der Waals surface area contributed by atoms with E-state index in [2.05, 4.69) is 23.9 Å². The van der Waals surface area contributed by atoms with E-state index in [0.717, 1.165) is 11.7 Å². The van der Waals surface area contributed by atoms with Gasteiger partial charge in [-0.3, -0.25) is 5.41 Å². The molecule has 19 heavy (non-hydrogen) atoms. The Labute approximate surface area is 115 Å². The highest BCUT2D eigenvalue weighted by Gasteiger charge is 2.23. The second-order valence-corrected chi connectivity index (χ2v) is 5.51. The zero-order chi connectivity index (χ0) is 13.8. The number of nitrogens with two attached hydrogens (primary N) is 1. The Morgan fingerprint density at radius 1 is 1.37 bits per heavy atom. The fraction of sp³-hybridized carbons (Fsp3) is 0.600. The average Bonchev–Trinajstić information content (AvgIpc) is 2.46. The largest absolute Gasteiger partial charge is 0.384 e. The normalized spacial score (nSPS) is 23.1. The molecule has 1 fully saturated rings. The number of hydrogen-bond acceptors (Lipinski definition) is 3. The minimum atomic E-state index is 0.0742. The molecule has 0 unspecified atom stereocenters. The molecule has 0 aromatic carbocycles. The lowest BCUT2D eigenvalue weighted by Gasteiger charge is -2.35. The van der Waals surface area contributed by atoms with Crippen LogP contribution in [-0.2, 0) is 0 Å². The smallest absolute Gasteiger partial charge is 0.128 e. The van der Waals surface area contributed by atoms with Gasteiger partial charge in [-0.15, -0.1) is 0 Å². The Morgan fingerprint density at radius 3 is 2.53 bits per heavy atom. The molecule has 1 heterocycles. The quantitative estimate of drug-likeness (QED) is 0.646. The molecule has 0 spiro atoms. The van der Waals surface area contributed by atoms with Gasteiger partial charge in [0.05, 0.1) is 0 Å². The third kappa shape index (κ3) is 3.25. The first-order valence-corrected chi connectivity index (χ1v) is 7.15. The van der Waals surface area contributed by atoms with Gasteiger partial charge in [-0.2, -0.15) is 0 Å². The summed E-state index contributed by atoms with van der Waals surface area (Å²) < 4.78 is 0. The number of pyridine rings is 1. The number of nitrogens with one attached hydrogen (secondary N) is 1. The lowest BCUT2D eigenvalue weighted by molar-refractivity contribution is 0.313. The molecule has 1 aliphatic carbocycles. The van der Waals surface area contributed by atoms with E-state index in [0.29, 0.717) is 11.6 Å². The molecule has 0 atom stereocenters. The molecule has 2 rings (SSSR count). The average molecular weight is 260 g/mol. The van der Waals surface area contributed by atoms with Crippen LogP contribution < -0.4 is 10.6 Å². The number of aromatic nitrogens is 1. The van der Waals surface area contributed by atoms with Crippen LogP contribution in [0.15, 0.2) is 18.3 Å². The van der Waals surface area contributed by atoms with Gasteiger partial charge in [0, 0.05) is 24.8 Å². The van der Waals surface area contributed by atoms with Crippen LogP contribution in [0, 0.1) is 11.3 Å². The van der Waals surface area contributed by atoms with Crippen LogP contribution in [0.2, 0.25) is 0 Å². The van der Waals surface area contributed by atoms with Crippen LogP contribution in [-0.4, -0.2) is 23.9 Å². The molecule has 0 radical (unpaired) electrons. The van der Waals surface area contributed by atoms with E-state index >= 15 is 0 Å². The minimum absolute atomic E-state index is 0.0742. The lowest BCUT2D eigenvalue weighted by atomic mass is 9.84. The van der Waals surface area contributed by atoms with Crippen molar-refractivity contribution in [2.45, 2.75) is 45.1 Å². The summed E-state index contributed by atoms with van der Waals surface area (Å²) in [4.78, 5) is 6.69. The molecule has 4 heteroatoms. The minimum Gasteiger partial charge on any atom is -0.384 e. The fourth-order valence-corrected chi connectivity index (χ4v) is 2.88. The second-order valence-electron chi connectivity index (χ2n) is 5.51. The summed E-state index contributed by atoms with van der Waals surface area (Å²) >= 11 is 0. The maximum atomic E-state index is 7.38. The Morgan fingerprint density at radius 2 is 2.05 bits per heavy atom. The Hall–Kier alpha value is -1.58. The molecule has 1 aromatic heterocycles. The topological polar surface area (TPSA) is 66.0 Å². The predicted octanol–water partition coefficient (Wildman–Crippen LogP) is 2.77. The van der Waals surface area contributed by atoms with Gasteiger partial charge in [0.2, 0.25) is 0 Å². The molecular weight excluding hydrogens is 236 g/mol. The van der Waals surface area contributed by atoms with Gasteiger partial charge >= 0.3 is 0 Å². The van der Waals surface area contributed by atoms with Gasteiger partial charge in [0.25, 0.3) is 0 Å². The van der Waals surface area contributed by atoms with Crippen molar-refractivity contribution in [1.82, 2.24) is 4.98 Å². The molecule has 0 aliphatic heterocycles. The van der Waals surface area contributed by atoms with E-state index in [1.165, 1.54) is 32.1 Å². The van der Waals surface area contributed by atoms with E-state index in [1.807, 2.05) is 12.1 Å². The van der Waals surface area contributed by atoms with E-state index in [4.69, 9.17) is 11.1 Å². The predicted molar refractivity (Wildman–Crippen MR) is 79.7 cm³/mol. The summed E-state index contributed by atoms with van der Waals surface area (Å²) in [5, 5.41) is 7.38. The van der Waals surface area contributed by atoms with E-state index in [9.17, 15) is 0 Å². The first-order chi connectivity index (χ1) is 9.11. The molecule has 4 nitrogen and oxygen atoms in total. The van der Waals surface area contributed by atoms with Crippen LogP contribution in [0.5, 0.6) is 0 Å². The standard InChI is InChI=1S/C15H24N4/c1-3-11-4-7-13(8-5-11)19(2)14-9-6-12(10-18-14)15(16)17/h6,9-11,13H,3-5,7-8H2,1-2H3,(H3,16,17). The highest BCUT2D eigenvalue weighted by molar-refractivity contribution is 5.94. The number of nitrogen functional groups attached to an aromatic ring is 1. The van der Waals surface area contributed by atoms with E-state index in [1.54, 1.807) is 6.20 Å². The van der Waals surface area contributed by atoms with Gasteiger partial charge in [0.15, 0.2) is 0 Å². The van der Waals surface area contributed by atoms with Crippen LogP contribution >= 0.6 is 0 Å². The van der Waals surface area contributed by atoms with Crippen LogP contribution in [0.3, 0.4) is 0 Å². The van der Waals surface area contributed by atoms with Crippen LogP contribution in [0.1, 0.15) is 44.6 Å². The third-order valence-corrected chi connectivity index (χ3v) is 4.36. The monoisotopic (exact) mass is 260 g/mol. The second kappa shape index (κ2) is 6.04. The Balaban J connectivity index is 1.99. The first-order valence-electron chi connectivity index (χ1n) is 7.15. The number of nitrogens with zero attached hydrogens (tertiary/aromatic N) is 2. The van der Waals surface area contributed by atoms with Crippen molar-refractivity contribution in [3.05, 3.63) is 23.9 Å². The van der Waals surface area contributed by atoms with Gasteiger partial charge < -0.3 is 10.6 Å². The summed E-state index contributed by atoms with van der Waals surface area (Å²) in [5.41, 5.74) is 6.13. The highest BCUT2D eigenvalue weighted by Crippen LogP contribution is 2.30. The highest BCUT2D eigenvalue weighted by atomic mass is 15.2. The molecule has 1 aliphatic rings. The Bertz CT molecular complexity index is 418. The van der Waals surface area contributed by atoms with Crippen LogP contribution in [0.4, 0.5) is 5.82 Å². The number of anilines is 1. The van der Waals surface area contributed by atoms with Gasteiger partial charge in [-0.1, -0.05) is 13.3 Å². The molecule has 3 N–H and O–H groups in total. The number of hydrogen-bond donors (Lipinski definition) is 2. The van der Waals surface area contributed by atoms with E-state index in [-0.39, 0.29) is 5.84 Å². The van der Waals surface area contributed by atoms with Crippen molar-refractivity contribution in [2.24, 2.45) is 11.7 Å². The fourth-order valence-electron chi connectivity index (χ4n) is 2.88. The maximum Gasteiger partial charge on any atom is 0.128 e. The Kier molecular flexibility index (Phi) is 4.40. The van der Waals surface area contributed by atoms with Crippen molar-refractivity contribution in [1.29, 1.82) is 5.41 Å². The zero-order valence-corrected chi connectivity index (χ0v) is 11.9. The summed E-state index contributed by atoms with van der Waals surface area (Å²) in [5.74, 6) is 1.97. The van der Waals surface area contributed by atoms with Gasteiger partial charge in [0.1, 0.15) is 11.7 Å². The molecule has 1 saturated carbocycles. The molecule has 0 saturated heterocycles. The zero-order valence-electron chi connectivity index (χ0n) is 11.9. The molecule has 0 bridgehead atoms. The van der Waals surface area contributed by atoms with Crippen LogP contribution in [0.25, 0.3) is 0 Å². The summed E-state index contributed by atoms with van der Waals surface area (Å²) in [6, 6.07) is 4.43. The van der Waals surface area contributed by atoms with Gasteiger partial charge in [-0.25, -0.2) is 4.98 Å². The van der Waals surface area contributed by atoms with Gasteiger partial charge in [-0.05, 0) is 43.7 Å². The van der Waals surface area contributed by atoms with Crippen molar-refractivity contribution in [3.63, 3.8) is 0 Å². The molecule has 104 valence electrons. The van der Waals surface area contributed by atoms with Crippen molar-refractivity contribution in [3.8, 4) is 0 Å². The maximum absolute atomic E-state index is 7.38. The summed E-state index contributed by atoms with van der Waals surface area (Å²) in [6.45, 7) is 2.29. The first kappa shape index (κ1) is 13.8. The third-order valence-electron chi connectivity index (χ3n) is 4.36. The molecule has 0 amide bonds. The van der Waals surface area contributed by atoms with Crippen molar-refractivity contribution < 1.29 is 0 Å².